The number of nitrogens with zero attached hydrogens (tertiary/aromatic N) is 2. The van der Waals surface area contributed by atoms with Gasteiger partial charge in [0.2, 0.25) is 0 Å². The molecule has 0 unspecified atom stereocenters. The van der Waals surface area contributed by atoms with Crippen LogP contribution in [-0.4, -0.2) is 41.0 Å². The van der Waals surface area contributed by atoms with E-state index < -0.39 is 24.5 Å². The molecule has 2 heterocycles. The minimum absolute atomic E-state index is 0.196. The lowest BCUT2D eigenvalue weighted by Gasteiger charge is -2.09. The first kappa shape index (κ1) is 23.8. The summed E-state index contributed by atoms with van der Waals surface area (Å²) in [6.07, 6.45) is 4.18. The number of thiophene rings is 1. The highest BCUT2D eigenvalue weighted by atomic mass is 32.1. The number of esters is 2. The quantitative estimate of drug-likeness (QED) is 0.283. The number of benzene rings is 2. The molecular formula is C26H21N3O5S. The lowest BCUT2D eigenvalue weighted by Crippen LogP contribution is -2.21. The summed E-state index contributed by atoms with van der Waals surface area (Å²) in [5.74, 6) is -1.83. The van der Waals surface area contributed by atoms with Gasteiger partial charge in [-0.15, -0.1) is 11.3 Å². The first-order valence-electron chi connectivity index (χ1n) is 10.8. The topological polar surface area (TPSA) is 107 Å². The molecule has 0 aliphatic rings. The van der Waals surface area contributed by atoms with Gasteiger partial charge in [0.15, 0.2) is 6.61 Å². The van der Waals surface area contributed by atoms with Gasteiger partial charge in [0, 0.05) is 17.0 Å². The summed E-state index contributed by atoms with van der Waals surface area (Å²) in [5, 5.41) is 4.74. The van der Waals surface area contributed by atoms with Crippen LogP contribution >= 0.6 is 11.3 Å². The Hall–Kier alpha value is -4.37. The normalized spacial score (nSPS) is 10.9. The van der Waals surface area contributed by atoms with Crippen molar-refractivity contribution in [2.24, 2.45) is 0 Å². The maximum Gasteiger partial charge on any atom is 0.341 e. The van der Waals surface area contributed by atoms with Crippen LogP contribution in [0.4, 0.5) is 5.00 Å². The van der Waals surface area contributed by atoms with Gasteiger partial charge in [-0.1, -0.05) is 42.5 Å². The second-order valence-electron chi connectivity index (χ2n) is 7.21. The average molecular weight is 488 g/mol. The van der Waals surface area contributed by atoms with E-state index in [9.17, 15) is 14.4 Å². The zero-order valence-corrected chi connectivity index (χ0v) is 19.6. The number of anilines is 1. The lowest BCUT2D eigenvalue weighted by atomic mass is 10.0. The third kappa shape index (κ3) is 5.96. The Balaban J connectivity index is 1.39. The molecule has 0 bridgehead atoms. The van der Waals surface area contributed by atoms with E-state index in [0.29, 0.717) is 21.8 Å². The Morgan fingerprint density at radius 3 is 2.51 bits per heavy atom. The molecule has 4 aromatic rings. The summed E-state index contributed by atoms with van der Waals surface area (Å²) in [5.41, 5.74) is 3.66. The fourth-order valence-electron chi connectivity index (χ4n) is 3.24. The fraction of sp³-hybridized carbons (Fsp3) is 0.115. The number of hydrogen-bond acceptors (Lipinski definition) is 8. The Morgan fingerprint density at radius 1 is 1.00 bits per heavy atom. The molecule has 2 aromatic carbocycles. The lowest BCUT2D eigenvalue weighted by molar-refractivity contribution is -0.142. The molecule has 0 fully saturated rings. The maximum absolute atomic E-state index is 12.6. The van der Waals surface area contributed by atoms with Crippen molar-refractivity contribution < 1.29 is 23.9 Å². The van der Waals surface area contributed by atoms with Gasteiger partial charge in [0.05, 0.1) is 29.5 Å². The number of hydrogen-bond donors (Lipinski definition) is 1. The number of carbonyl (C=O) groups excluding carboxylic acids is 3. The number of amides is 1. The van der Waals surface area contributed by atoms with Crippen LogP contribution in [-0.2, 0) is 19.1 Å². The van der Waals surface area contributed by atoms with Gasteiger partial charge in [-0.2, -0.15) is 0 Å². The highest BCUT2D eigenvalue weighted by Crippen LogP contribution is 2.36. The Bertz CT molecular complexity index is 1400. The number of ether oxygens (including phenoxy) is 2. The van der Waals surface area contributed by atoms with Crippen LogP contribution in [0.15, 0.2) is 72.3 Å². The molecule has 1 amide bonds. The van der Waals surface area contributed by atoms with Crippen LogP contribution < -0.4 is 5.32 Å². The minimum atomic E-state index is -0.711. The number of nitrogens with one attached hydrogen (secondary N) is 1. The number of fused-ring (bicyclic) bond motifs is 1. The van der Waals surface area contributed by atoms with Crippen molar-refractivity contribution in [1.29, 1.82) is 0 Å². The first-order chi connectivity index (χ1) is 17.0. The average Bonchev–Trinajstić information content (AvgIpc) is 3.30. The molecule has 0 atom stereocenters. The van der Waals surface area contributed by atoms with Crippen molar-refractivity contribution in [3.8, 4) is 11.1 Å². The molecule has 8 nitrogen and oxygen atoms in total. The summed E-state index contributed by atoms with van der Waals surface area (Å²) in [7, 11) is 0. The van der Waals surface area contributed by atoms with E-state index in [1.165, 1.54) is 29.7 Å². The molecule has 0 radical (unpaired) electrons. The van der Waals surface area contributed by atoms with E-state index in [1.54, 1.807) is 12.3 Å². The third-order valence-corrected chi connectivity index (χ3v) is 5.71. The van der Waals surface area contributed by atoms with E-state index in [1.807, 2.05) is 54.6 Å². The van der Waals surface area contributed by atoms with Gasteiger partial charge < -0.3 is 14.8 Å². The van der Waals surface area contributed by atoms with Gasteiger partial charge in [-0.25, -0.2) is 14.6 Å². The van der Waals surface area contributed by atoms with Crippen LogP contribution in [0.3, 0.4) is 0 Å². The predicted octanol–water partition coefficient (Wildman–Crippen LogP) is 4.73. The molecule has 2 aromatic heterocycles. The minimum Gasteiger partial charge on any atom is -0.462 e. The molecule has 9 heteroatoms. The number of carbonyl (C=O) groups is 3. The van der Waals surface area contributed by atoms with Crippen molar-refractivity contribution in [3.63, 3.8) is 0 Å². The standard InChI is InChI=1S/C26H21N3O5S/c1-2-33-26(32)24-19(17-8-4-3-5-9-17)16-35-25(24)29-22(30)15-34-23(31)13-12-18-14-27-20-10-6-7-11-21(20)28-18/h3-14,16H,2,15H2,1H3,(H,29,30)/b13-12+. The van der Waals surface area contributed by atoms with Crippen molar-refractivity contribution in [3.05, 3.63) is 83.5 Å². The molecule has 176 valence electrons. The summed E-state index contributed by atoms with van der Waals surface area (Å²) >= 11 is 1.19. The summed E-state index contributed by atoms with van der Waals surface area (Å²) in [4.78, 5) is 45.8. The van der Waals surface area contributed by atoms with Crippen molar-refractivity contribution in [1.82, 2.24) is 9.97 Å². The van der Waals surface area contributed by atoms with E-state index in [0.717, 1.165) is 11.1 Å². The fourth-order valence-corrected chi connectivity index (χ4v) is 4.21. The number of para-hydroxylation sites is 2. The largest absolute Gasteiger partial charge is 0.462 e. The smallest absolute Gasteiger partial charge is 0.341 e. The van der Waals surface area contributed by atoms with Gasteiger partial charge in [-0.3, -0.25) is 9.78 Å². The maximum atomic E-state index is 12.6. The van der Waals surface area contributed by atoms with Crippen molar-refractivity contribution >= 4 is 51.3 Å². The SMILES string of the molecule is CCOC(=O)c1c(-c2ccccc2)csc1NC(=O)COC(=O)/C=C/c1cnc2ccccc2n1. The molecule has 0 aliphatic heterocycles. The molecule has 0 saturated carbocycles. The third-order valence-electron chi connectivity index (χ3n) is 4.81. The van der Waals surface area contributed by atoms with Crippen LogP contribution in [0.25, 0.3) is 28.2 Å². The van der Waals surface area contributed by atoms with E-state index in [-0.39, 0.29) is 12.2 Å². The van der Waals surface area contributed by atoms with Gasteiger partial charge in [0.25, 0.3) is 5.91 Å². The highest BCUT2D eigenvalue weighted by Gasteiger charge is 2.23. The Kier molecular flexibility index (Phi) is 7.59. The Morgan fingerprint density at radius 2 is 1.74 bits per heavy atom. The van der Waals surface area contributed by atoms with Crippen LogP contribution in [0.5, 0.6) is 0 Å². The molecule has 4 rings (SSSR count). The zero-order chi connectivity index (χ0) is 24.6. The summed E-state index contributed by atoms with van der Waals surface area (Å²) < 4.78 is 10.2. The van der Waals surface area contributed by atoms with Crippen LogP contribution in [0.1, 0.15) is 23.0 Å². The predicted molar refractivity (Wildman–Crippen MR) is 134 cm³/mol. The van der Waals surface area contributed by atoms with Crippen LogP contribution in [0, 0.1) is 0 Å². The van der Waals surface area contributed by atoms with Crippen molar-refractivity contribution in [2.75, 3.05) is 18.5 Å². The van der Waals surface area contributed by atoms with Gasteiger partial charge in [0.1, 0.15) is 10.6 Å². The van der Waals surface area contributed by atoms with E-state index >= 15 is 0 Å². The van der Waals surface area contributed by atoms with Gasteiger partial charge >= 0.3 is 11.9 Å². The summed E-state index contributed by atoms with van der Waals surface area (Å²) in [6, 6.07) is 16.7. The number of aromatic nitrogens is 2. The second kappa shape index (κ2) is 11.2. The molecule has 1 N–H and O–H groups in total. The van der Waals surface area contributed by atoms with Crippen molar-refractivity contribution in [2.45, 2.75) is 6.92 Å². The monoisotopic (exact) mass is 487 g/mol. The second-order valence-corrected chi connectivity index (χ2v) is 8.09. The van der Waals surface area contributed by atoms with E-state index in [2.05, 4.69) is 15.3 Å². The first-order valence-corrected chi connectivity index (χ1v) is 11.6. The summed E-state index contributed by atoms with van der Waals surface area (Å²) in [6.45, 7) is 1.39. The molecule has 0 aliphatic carbocycles. The molecule has 0 saturated heterocycles. The molecule has 0 spiro atoms. The molecule has 35 heavy (non-hydrogen) atoms. The highest BCUT2D eigenvalue weighted by molar-refractivity contribution is 7.15. The zero-order valence-electron chi connectivity index (χ0n) is 18.8. The van der Waals surface area contributed by atoms with Crippen LogP contribution in [0.2, 0.25) is 0 Å². The molecular weight excluding hydrogens is 466 g/mol. The van der Waals surface area contributed by atoms with E-state index in [4.69, 9.17) is 9.47 Å². The number of rotatable bonds is 8. The Labute approximate surface area is 205 Å². The van der Waals surface area contributed by atoms with Gasteiger partial charge in [-0.05, 0) is 30.7 Å².